The molecule has 0 atom stereocenters. The number of hydrogen-bond acceptors (Lipinski definition) is 1. The Morgan fingerprint density at radius 3 is 2.33 bits per heavy atom. The smallest absolute Gasteiger partial charge is 0.581 e. The molecule has 0 aromatic carbocycles. The van der Waals surface area contributed by atoms with Crippen LogP contribution < -0.4 is 24.0 Å². The van der Waals surface area contributed by atoms with E-state index >= 15 is 0 Å². The molecule has 1 heterocycles. The fraction of sp³-hybridized carbons (Fsp3) is 0.571. The van der Waals surface area contributed by atoms with Gasteiger partial charge in [-0.15, -0.1) is 0 Å². The summed E-state index contributed by atoms with van der Waals surface area (Å²) in [5.74, 6) is 0.0639. The molecule has 0 saturated carbocycles. The third kappa shape index (κ3) is 2.33. The molecule has 0 unspecified atom stereocenters. The molecule has 0 amide bonds. The number of aromatic nitrogens is 2. The fourth-order valence-corrected chi connectivity index (χ4v) is 0.892. The Hall–Kier alpha value is -0.333. The molecule has 0 bridgehead atoms. The van der Waals surface area contributed by atoms with Crippen LogP contribution in [0.25, 0.3) is 0 Å². The quantitative estimate of drug-likeness (QED) is 0.532. The predicted octanol–water partition coefficient (Wildman–Crippen LogP) is -0.896. The topological polar surface area (TPSA) is 27.0 Å². The van der Waals surface area contributed by atoms with Gasteiger partial charge in [0, 0.05) is 0 Å². The van der Waals surface area contributed by atoms with Gasteiger partial charge in [-0.05, 0) is 11.5 Å². The molecule has 62 valence electrons. The molecule has 1 aromatic heterocycles. The SMILES string of the molecule is CC(C)c1c[n-]nc1C(F)F.[Li+]. The second-order valence-electron chi connectivity index (χ2n) is 2.64. The van der Waals surface area contributed by atoms with Gasteiger partial charge >= 0.3 is 18.9 Å². The molecule has 0 aliphatic carbocycles. The van der Waals surface area contributed by atoms with Crippen LogP contribution in [0, 0.1) is 0 Å². The molecule has 1 aromatic rings. The summed E-state index contributed by atoms with van der Waals surface area (Å²) in [6, 6.07) is 0. The zero-order chi connectivity index (χ0) is 8.43. The van der Waals surface area contributed by atoms with E-state index in [1.807, 2.05) is 13.8 Å². The van der Waals surface area contributed by atoms with Crippen LogP contribution in [0.1, 0.15) is 37.4 Å². The number of halogens is 2. The standard InChI is InChI=1S/C7H9F2N2.Li/c1-4(2)5-3-10-11-6(5)7(8)9;/h3-4,7H,1-2H3;/q-1;+1. The van der Waals surface area contributed by atoms with Crippen LogP contribution in [0.2, 0.25) is 0 Å². The third-order valence-electron chi connectivity index (χ3n) is 1.49. The van der Waals surface area contributed by atoms with Crippen LogP contribution in [0.5, 0.6) is 0 Å². The molecule has 5 heteroatoms. The zero-order valence-electron chi connectivity index (χ0n) is 7.38. The number of rotatable bonds is 2. The van der Waals surface area contributed by atoms with Crippen LogP contribution >= 0.6 is 0 Å². The summed E-state index contributed by atoms with van der Waals surface area (Å²) >= 11 is 0. The molecule has 0 radical (unpaired) electrons. The Morgan fingerprint density at radius 2 is 2.00 bits per heavy atom. The summed E-state index contributed by atoms with van der Waals surface area (Å²) in [6.07, 6.45) is -1.11. The molecule has 0 aliphatic heterocycles. The Morgan fingerprint density at radius 1 is 1.42 bits per heavy atom. The second kappa shape index (κ2) is 4.63. The minimum atomic E-state index is -2.50. The summed E-state index contributed by atoms with van der Waals surface area (Å²) in [5.41, 5.74) is 0.361. The molecule has 0 aliphatic rings. The summed E-state index contributed by atoms with van der Waals surface area (Å²) in [7, 11) is 0. The first-order chi connectivity index (χ1) is 5.13. The maximum Gasteiger partial charge on any atom is 1.00 e. The van der Waals surface area contributed by atoms with Gasteiger partial charge in [0.15, 0.2) is 0 Å². The minimum absolute atomic E-state index is 0. The third-order valence-corrected chi connectivity index (χ3v) is 1.49. The van der Waals surface area contributed by atoms with Crippen molar-refractivity contribution in [2.75, 3.05) is 0 Å². The van der Waals surface area contributed by atoms with Gasteiger partial charge in [0.1, 0.15) is 0 Å². The van der Waals surface area contributed by atoms with Crippen LogP contribution in [-0.2, 0) is 0 Å². The monoisotopic (exact) mass is 166 g/mol. The van der Waals surface area contributed by atoms with Gasteiger partial charge in [-0.25, -0.2) is 8.78 Å². The van der Waals surface area contributed by atoms with Crippen LogP contribution in [0.4, 0.5) is 8.78 Å². The van der Waals surface area contributed by atoms with Crippen LogP contribution in [0.3, 0.4) is 0 Å². The average molecular weight is 166 g/mol. The van der Waals surface area contributed by atoms with Crippen molar-refractivity contribution >= 4 is 0 Å². The summed E-state index contributed by atoms with van der Waals surface area (Å²) in [6.45, 7) is 3.68. The van der Waals surface area contributed by atoms with Gasteiger partial charge < -0.3 is 10.2 Å². The Labute approximate surface area is 81.9 Å². The molecule has 12 heavy (non-hydrogen) atoms. The van der Waals surface area contributed by atoms with Gasteiger partial charge in [-0.2, -0.15) is 6.20 Å². The van der Waals surface area contributed by atoms with Gasteiger partial charge in [-0.1, -0.05) is 13.8 Å². The van der Waals surface area contributed by atoms with E-state index in [9.17, 15) is 8.78 Å². The molecule has 0 fully saturated rings. The Kier molecular flexibility index (Phi) is 4.51. The number of nitrogens with zero attached hydrogens (tertiary/aromatic N) is 2. The first kappa shape index (κ1) is 11.7. The number of alkyl halides is 2. The Balaban J connectivity index is 0.00000121. The van der Waals surface area contributed by atoms with Crippen molar-refractivity contribution in [3.63, 3.8) is 0 Å². The number of hydrogen-bond donors (Lipinski definition) is 0. The maximum atomic E-state index is 12.1. The van der Waals surface area contributed by atoms with Crippen molar-refractivity contribution in [2.24, 2.45) is 0 Å². The molecular weight excluding hydrogens is 157 g/mol. The van der Waals surface area contributed by atoms with Crippen LogP contribution in [-0.4, -0.2) is 5.10 Å². The summed E-state index contributed by atoms with van der Waals surface area (Å²) in [5, 5.41) is 6.77. The average Bonchev–Trinajstić information content (AvgIpc) is 2.32. The van der Waals surface area contributed by atoms with E-state index < -0.39 is 6.43 Å². The molecule has 0 spiro atoms. The van der Waals surface area contributed by atoms with E-state index in [1.165, 1.54) is 6.20 Å². The van der Waals surface area contributed by atoms with Crippen molar-refractivity contribution in [1.29, 1.82) is 0 Å². The molecular formula is C7H9F2LiN2. The van der Waals surface area contributed by atoms with Gasteiger partial charge in [0.2, 0.25) is 0 Å². The molecule has 0 saturated heterocycles. The van der Waals surface area contributed by atoms with Crippen molar-refractivity contribution in [2.45, 2.75) is 26.2 Å². The minimum Gasteiger partial charge on any atom is -0.581 e. The van der Waals surface area contributed by atoms with E-state index in [0.717, 1.165) is 0 Å². The van der Waals surface area contributed by atoms with Gasteiger partial charge in [-0.3, -0.25) is 0 Å². The molecule has 0 N–H and O–H groups in total. The van der Waals surface area contributed by atoms with E-state index in [1.54, 1.807) is 0 Å². The van der Waals surface area contributed by atoms with Crippen molar-refractivity contribution < 1.29 is 27.6 Å². The summed E-state index contributed by atoms with van der Waals surface area (Å²) < 4.78 is 24.2. The zero-order valence-corrected chi connectivity index (χ0v) is 7.38. The van der Waals surface area contributed by atoms with Crippen molar-refractivity contribution in [3.8, 4) is 0 Å². The normalized spacial score (nSPS) is 10.5. The van der Waals surface area contributed by atoms with E-state index in [4.69, 9.17) is 0 Å². The fourth-order valence-electron chi connectivity index (χ4n) is 0.892. The molecule has 2 nitrogen and oxygen atoms in total. The van der Waals surface area contributed by atoms with E-state index in [2.05, 4.69) is 10.2 Å². The van der Waals surface area contributed by atoms with Gasteiger partial charge in [0.25, 0.3) is 6.43 Å². The first-order valence-electron chi connectivity index (χ1n) is 3.39. The second-order valence-corrected chi connectivity index (χ2v) is 2.64. The van der Waals surface area contributed by atoms with Crippen molar-refractivity contribution in [3.05, 3.63) is 17.5 Å². The summed E-state index contributed by atoms with van der Waals surface area (Å²) in [4.78, 5) is 0. The largest absolute Gasteiger partial charge is 1.00 e. The Bertz CT molecular complexity index is 213. The van der Waals surface area contributed by atoms with E-state index in [0.29, 0.717) is 5.56 Å². The molecule has 1 rings (SSSR count). The van der Waals surface area contributed by atoms with Crippen molar-refractivity contribution in [1.82, 2.24) is 10.2 Å². The van der Waals surface area contributed by atoms with E-state index in [-0.39, 0.29) is 30.5 Å². The predicted molar refractivity (Wildman–Crippen MR) is 36.6 cm³/mol. The van der Waals surface area contributed by atoms with Gasteiger partial charge in [0.05, 0.1) is 5.69 Å². The van der Waals surface area contributed by atoms with Crippen LogP contribution in [0.15, 0.2) is 6.20 Å². The maximum absolute atomic E-state index is 12.1. The first-order valence-corrected chi connectivity index (χ1v) is 3.39.